The number of aryl methyl sites for hydroxylation is 2. The maximum Gasteiger partial charge on any atom is 0.134 e. The average molecular weight is 335 g/mol. The predicted molar refractivity (Wildman–Crippen MR) is 98.8 cm³/mol. The summed E-state index contributed by atoms with van der Waals surface area (Å²) in [7, 11) is 0. The molecular formula is C20H21N3O2. The summed E-state index contributed by atoms with van der Waals surface area (Å²) < 4.78 is 11.3. The number of hydrogen-bond donors (Lipinski definition) is 0. The van der Waals surface area contributed by atoms with E-state index in [1.165, 1.54) is 11.1 Å². The van der Waals surface area contributed by atoms with E-state index in [0.717, 1.165) is 29.6 Å². The number of nitrogens with zero attached hydrogens (tertiary/aromatic N) is 3. The molecule has 0 saturated heterocycles. The fourth-order valence-corrected chi connectivity index (χ4v) is 2.80. The van der Waals surface area contributed by atoms with Gasteiger partial charge in [-0.3, -0.25) is 0 Å². The summed E-state index contributed by atoms with van der Waals surface area (Å²) in [6.07, 6.45) is 1.90. The van der Waals surface area contributed by atoms with Crippen LogP contribution in [0.1, 0.15) is 36.8 Å². The van der Waals surface area contributed by atoms with Crippen molar-refractivity contribution in [2.24, 2.45) is 5.11 Å². The molecule has 3 aromatic rings. The van der Waals surface area contributed by atoms with E-state index in [1.54, 1.807) is 0 Å². The highest BCUT2D eigenvalue weighted by Gasteiger charge is 2.10. The largest absolute Gasteiger partial charge is 0.494 e. The standard InChI is InChI=1S/C20H21N3O2/c1-3-24-18-10-7-15(8-11-18)4-5-16-6-9-17-13-19(14(2)22-23-21)25-20(17)12-16/h6-14H,3-5H2,1-2H3. The summed E-state index contributed by atoms with van der Waals surface area (Å²) in [6.45, 7) is 4.49. The second-order valence-corrected chi connectivity index (χ2v) is 5.98. The van der Waals surface area contributed by atoms with Crippen LogP contribution in [0.15, 0.2) is 58.1 Å². The minimum absolute atomic E-state index is 0.301. The molecule has 3 rings (SSSR count). The zero-order chi connectivity index (χ0) is 17.6. The molecule has 0 aliphatic rings. The molecule has 0 saturated carbocycles. The van der Waals surface area contributed by atoms with Gasteiger partial charge in [-0.25, -0.2) is 0 Å². The molecule has 0 fully saturated rings. The SMILES string of the molecule is CCOc1ccc(CCc2ccc3cc(C(C)N=[N+]=[N-])oc3c2)cc1. The molecule has 5 nitrogen and oxygen atoms in total. The van der Waals surface area contributed by atoms with Crippen LogP contribution in [0.4, 0.5) is 0 Å². The highest BCUT2D eigenvalue weighted by atomic mass is 16.5. The second-order valence-electron chi connectivity index (χ2n) is 5.98. The predicted octanol–water partition coefficient (Wildman–Crippen LogP) is 5.99. The first-order valence-corrected chi connectivity index (χ1v) is 8.48. The van der Waals surface area contributed by atoms with Gasteiger partial charge in [0.1, 0.15) is 17.1 Å². The second kappa shape index (κ2) is 7.77. The number of hydrogen-bond acceptors (Lipinski definition) is 3. The summed E-state index contributed by atoms with van der Waals surface area (Å²) in [5.41, 5.74) is 11.9. The highest BCUT2D eigenvalue weighted by Crippen LogP contribution is 2.27. The van der Waals surface area contributed by atoms with Crippen LogP contribution in [0, 0.1) is 0 Å². The molecule has 1 atom stereocenters. The van der Waals surface area contributed by atoms with E-state index < -0.39 is 0 Å². The first kappa shape index (κ1) is 16.9. The number of ether oxygens (including phenoxy) is 1. The van der Waals surface area contributed by atoms with E-state index >= 15 is 0 Å². The van der Waals surface area contributed by atoms with Gasteiger partial charge in [0.15, 0.2) is 0 Å². The zero-order valence-corrected chi connectivity index (χ0v) is 14.5. The van der Waals surface area contributed by atoms with E-state index in [1.807, 2.05) is 32.0 Å². The van der Waals surface area contributed by atoms with Gasteiger partial charge in [-0.05, 0) is 67.6 Å². The minimum atomic E-state index is -0.301. The van der Waals surface area contributed by atoms with Crippen molar-refractivity contribution >= 4 is 11.0 Å². The first-order chi connectivity index (χ1) is 12.2. The van der Waals surface area contributed by atoms with E-state index in [0.29, 0.717) is 12.4 Å². The van der Waals surface area contributed by atoms with Gasteiger partial charge in [-0.2, -0.15) is 0 Å². The Bertz CT molecular complexity index is 893. The molecule has 1 heterocycles. The molecule has 0 N–H and O–H groups in total. The molecule has 25 heavy (non-hydrogen) atoms. The zero-order valence-electron chi connectivity index (χ0n) is 14.5. The van der Waals surface area contributed by atoms with E-state index in [2.05, 4.69) is 40.4 Å². The Labute approximate surface area is 146 Å². The summed E-state index contributed by atoms with van der Waals surface area (Å²) in [5, 5.41) is 4.71. The third-order valence-electron chi connectivity index (χ3n) is 4.18. The van der Waals surface area contributed by atoms with Gasteiger partial charge in [0.05, 0.1) is 12.6 Å². The van der Waals surface area contributed by atoms with Crippen molar-refractivity contribution in [3.05, 3.63) is 75.9 Å². The van der Waals surface area contributed by atoms with Gasteiger partial charge >= 0.3 is 0 Å². The van der Waals surface area contributed by atoms with Crippen LogP contribution < -0.4 is 4.74 Å². The molecular weight excluding hydrogens is 314 g/mol. The minimum Gasteiger partial charge on any atom is -0.494 e. The Balaban J connectivity index is 1.70. The van der Waals surface area contributed by atoms with Crippen LogP contribution in [0.5, 0.6) is 5.75 Å². The van der Waals surface area contributed by atoms with Crippen molar-refractivity contribution in [3.63, 3.8) is 0 Å². The maximum atomic E-state index is 8.55. The highest BCUT2D eigenvalue weighted by molar-refractivity contribution is 5.78. The van der Waals surface area contributed by atoms with Crippen LogP contribution in [0.3, 0.4) is 0 Å². The smallest absolute Gasteiger partial charge is 0.134 e. The van der Waals surface area contributed by atoms with Crippen LogP contribution >= 0.6 is 0 Å². The molecule has 128 valence electrons. The van der Waals surface area contributed by atoms with Crippen LogP contribution in [0.25, 0.3) is 21.4 Å². The Morgan fingerprint density at radius 1 is 1.08 bits per heavy atom. The van der Waals surface area contributed by atoms with Gasteiger partial charge in [0, 0.05) is 10.3 Å². The number of azide groups is 1. The van der Waals surface area contributed by atoms with Crippen molar-refractivity contribution in [3.8, 4) is 5.75 Å². The van der Waals surface area contributed by atoms with Crippen LogP contribution in [-0.4, -0.2) is 6.61 Å². The Morgan fingerprint density at radius 2 is 1.80 bits per heavy atom. The van der Waals surface area contributed by atoms with Gasteiger partial charge in [0.25, 0.3) is 0 Å². The van der Waals surface area contributed by atoms with Crippen LogP contribution in [0.2, 0.25) is 0 Å². The van der Waals surface area contributed by atoms with E-state index in [-0.39, 0.29) is 6.04 Å². The number of fused-ring (bicyclic) bond motifs is 1. The molecule has 0 aliphatic carbocycles. The summed E-state index contributed by atoms with van der Waals surface area (Å²) in [4.78, 5) is 2.84. The lowest BCUT2D eigenvalue weighted by molar-refractivity contribution is 0.340. The van der Waals surface area contributed by atoms with Crippen molar-refractivity contribution in [1.29, 1.82) is 0 Å². The van der Waals surface area contributed by atoms with Crippen molar-refractivity contribution in [1.82, 2.24) is 0 Å². The molecule has 0 bridgehead atoms. The summed E-state index contributed by atoms with van der Waals surface area (Å²) in [5.74, 6) is 1.60. The van der Waals surface area contributed by atoms with Crippen LogP contribution in [-0.2, 0) is 12.8 Å². The van der Waals surface area contributed by atoms with Crippen molar-refractivity contribution in [2.45, 2.75) is 32.7 Å². The number of furan rings is 1. The quantitative estimate of drug-likeness (QED) is 0.302. The fraction of sp³-hybridized carbons (Fsp3) is 0.300. The fourth-order valence-electron chi connectivity index (χ4n) is 2.80. The first-order valence-electron chi connectivity index (χ1n) is 8.48. The molecule has 1 aromatic heterocycles. The van der Waals surface area contributed by atoms with Gasteiger partial charge in [-0.1, -0.05) is 29.4 Å². The van der Waals surface area contributed by atoms with Gasteiger partial charge in [-0.15, -0.1) is 0 Å². The normalized spacial score (nSPS) is 11.9. The topological polar surface area (TPSA) is 71.1 Å². The Kier molecular flexibility index (Phi) is 5.26. The monoisotopic (exact) mass is 335 g/mol. The summed E-state index contributed by atoms with van der Waals surface area (Å²) in [6, 6.07) is 16.1. The molecule has 5 heteroatoms. The molecule has 0 aliphatic heterocycles. The lowest BCUT2D eigenvalue weighted by Gasteiger charge is -2.05. The lowest BCUT2D eigenvalue weighted by Crippen LogP contribution is -1.93. The molecule has 0 spiro atoms. The molecule has 0 radical (unpaired) electrons. The van der Waals surface area contributed by atoms with Crippen molar-refractivity contribution < 1.29 is 9.15 Å². The maximum absolute atomic E-state index is 8.55. The molecule has 2 aromatic carbocycles. The molecule has 0 amide bonds. The van der Waals surface area contributed by atoms with Gasteiger partial charge in [0.2, 0.25) is 0 Å². The van der Waals surface area contributed by atoms with E-state index in [9.17, 15) is 0 Å². The molecule has 1 unspecified atom stereocenters. The van der Waals surface area contributed by atoms with Gasteiger partial charge < -0.3 is 9.15 Å². The Hall–Kier alpha value is -2.91. The van der Waals surface area contributed by atoms with E-state index in [4.69, 9.17) is 14.7 Å². The third-order valence-corrected chi connectivity index (χ3v) is 4.18. The Morgan fingerprint density at radius 3 is 2.52 bits per heavy atom. The lowest BCUT2D eigenvalue weighted by atomic mass is 10.0. The third kappa shape index (κ3) is 4.14. The number of benzene rings is 2. The van der Waals surface area contributed by atoms with Crippen molar-refractivity contribution in [2.75, 3.05) is 6.61 Å². The average Bonchev–Trinajstić information content (AvgIpc) is 3.05. The summed E-state index contributed by atoms with van der Waals surface area (Å²) >= 11 is 0. The number of rotatable bonds is 7.